The van der Waals surface area contributed by atoms with Crippen molar-refractivity contribution >= 4 is 11.9 Å². The van der Waals surface area contributed by atoms with Crippen LogP contribution < -0.4 is 5.32 Å². The molecular formula is C14H18N2O3. The maximum Gasteiger partial charge on any atom is 0.337 e. The highest BCUT2D eigenvalue weighted by Crippen LogP contribution is 2.29. The molecule has 0 aliphatic heterocycles. The van der Waals surface area contributed by atoms with E-state index in [1.807, 2.05) is 6.92 Å². The van der Waals surface area contributed by atoms with Gasteiger partial charge < -0.3 is 10.4 Å². The number of carbonyl (C=O) groups is 2. The van der Waals surface area contributed by atoms with E-state index in [1.54, 1.807) is 6.92 Å². The minimum atomic E-state index is -1.03. The second-order valence-corrected chi connectivity index (χ2v) is 5.09. The molecule has 0 spiro atoms. The molecule has 0 saturated heterocycles. The Morgan fingerprint density at radius 3 is 2.58 bits per heavy atom. The number of carbonyl (C=O) groups excluding carboxylic acids is 1. The molecule has 1 aromatic rings. The number of rotatable bonds is 4. The van der Waals surface area contributed by atoms with Crippen LogP contribution in [0.4, 0.5) is 0 Å². The summed E-state index contributed by atoms with van der Waals surface area (Å²) < 4.78 is 0. The van der Waals surface area contributed by atoms with Gasteiger partial charge in [0.15, 0.2) is 0 Å². The maximum absolute atomic E-state index is 12.0. The number of hydrogen-bond donors (Lipinski definition) is 2. The van der Waals surface area contributed by atoms with E-state index in [-0.39, 0.29) is 23.2 Å². The molecule has 1 saturated carbocycles. The molecule has 0 aromatic carbocycles. The zero-order valence-electron chi connectivity index (χ0n) is 11.1. The van der Waals surface area contributed by atoms with Crippen LogP contribution in [0, 0.1) is 12.8 Å². The van der Waals surface area contributed by atoms with Crippen molar-refractivity contribution in [3.63, 3.8) is 0 Å². The first kappa shape index (κ1) is 13.5. The van der Waals surface area contributed by atoms with Crippen molar-refractivity contribution in [3.8, 4) is 0 Å². The summed E-state index contributed by atoms with van der Waals surface area (Å²) in [7, 11) is 0. The number of aromatic carboxylic acids is 1. The van der Waals surface area contributed by atoms with Crippen molar-refractivity contribution < 1.29 is 14.7 Å². The fourth-order valence-corrected chi connectivity index (χ4v) is 2.25. The van der Waals surface area contributed by atoms with Crippen LogP contribution in [0.2, 0.25) is 0 Å². The highest BCUT2D eigenvalue weighted by atomic mass is 16.4. The lowest BCUT2D eigenvalue weighted by Crippen LogP contribution is -2.41. The molecule has 0 bridgehead atoms. The quantitative estimate of drug-likeness (QED) is 0.869. The second-order valence-electron chi connectivity index (χ2n) is 5.09. The maximum atomic E-state index is 12.0. The molecule has 5 nitrogen and oxygen atoms in total. The van der Waals surface area contributed by atoms with Crippen molar-refractivity contribution in [1.29, 1.82) is 0 Å². The number of aryl methyl sites for hydroxylation is 1. The van der Waals surface area contributed by atoms with E-state index >= 15 is 0 Å². The van der Waals surface area contributed by atoms with Crippen molar-refractivity contribution in [1.82, 2.24) is 10.3 Å². The highest BCUT2D eigenvalue weighted by Gasteiger charge is 2.25. The summed E-state index contributed by atoms with van der Waals surface area (Å²) in [6.07, 6.45) is 3.55. The Labute approximate surface area is 112 Å². The van der Waals surface area contributed by atoms with Gasteiger partial charge >= 0.3 is 5.97 Å². The molecule has 1 heterocycles. The van der Waals surface area contributed by atoms with Crippen molar-refractivity contribution in [3.05, 3.63) is 29.1 Å². The van der Waals surface area contributed by atoms with Gasteiger partial charge in [0.2, 0.25) is 0 Å². The van der Waals surface area contributed by atoms with Gasteiger partial charge in [-0.15, -0.1) is 0 Å². The first-order chi connectivity index (χ1) is 8.99. The fourth-order valence-electron chi connectivity index (χ4n) is 2.25. The third-order valence-corrected chi connectivity index (χ3v) is 3.76. The summed E-state index contributed by atoms with van der Waals surface area (Å²) >= 11 is 0. The predicted octanol–water partition coefficient (Wildman–Crippen LogP) is 2.01. The predicted molar refractivity (Wildman–Crippen MR) is 70.2 cm³/mol. The van der Waals surface area contributed by atoms with Crippen molar-refractivity contribution in [2.24, 2.45) is 5.92 Å². The van der Waals surface area contributed by atoms with Crippen LogP contribution in [-0.4, -0.2) is 28.0 Å². The largest absolute Gasteiger partial charge is 0.478 e. The molecule has 1 unspecified atom stereocenters. The number of aromatic nitrogens is 1. The van der Waals surface area contributed by atoms with Crippen LogP contribution in [-0.2, 0) is 0 Å². The van der Waals surface area contributed by atoms with Gasteiger partial charge in [-0.25, -0.2) is 9.78 Å². The lowest BCUT2D eigenvalue weighted by molar-refractivity contribution is 0.0694. The van der Waals surface area contributed by atoms with Gasteiger partial charge in [-0.2, -0.15) is 0 Å². The highest BCUT2D eigenvalue weighted by molar-refractivity contribution is 5.94. The van der Waals surface area contributed by atoms with Crippen LogP contribution >= 0.6 is 0 Å². The summed E-state index contributed by atoms with van der Waals surface area (Å²) in [6.45, 7) is 3.59. The van der Waals surface area contributed by atoms with Crippen LogP contribution in [0.15, 0.2) is 12.1 Å². The number of pyridine rings is 1. The van der Waals surface area contributed by atoms with E-state index in [0.29, 0.717) is 11.6 Å². The van der Waals surface area contributed by atoms with Crippen molar-refractivity contribution in [2.75, 3.05) is 0 Å². The van der Waals surface area contributed by atoms with E-state index in [4.69, 9.17) is 5.11 Å². The lowest BCUT2D eigenvalue weighted by atomic mass is 9.80. The Morgan fingerprint density at radius 2 is 2.11 bits per heavy atom. The van der Waals surface area contributed by atoms with E-state index < -0.39 is 5.97 Å². The van der Waals surface area contributed by atoms with Gasteiger partial charge in [0, 0.05) is 6.04 Å². The van der Waals surface area contributed by atoms with Gasteiger partial charge in [-0.3, -0.25) is 4.79 Å². The Kier molecular flexibility index (Phi) is 3.83. The molecule has 0 radical (unpaired) electrons. The molecule has 1 amide bonds. The Balaban J connectivity index is 2.06. The average Bonchev–Trinajstić information content (AvgIpc) is 2.25. The molecule has 5 heteroatoms. The number of carboxylic acid groups (broad SMARTS) is 1. The van der Waals surface area contributed by atoms with Gasteiger partial charge in [0.25, 0.3) is 5.91 Å². The Hall–Kier alpha value is -1.91. The standard InChI is InChI=1S/C14H18N2O3/c1-8(10-4-3-5-10)16-13(17)12-7-6-11(14(18)19)9(2)15-12/h6-8,10H,3-5H2,1-2H3,(H,16,17)(H,18,19). The molecule has 19 heavy (non-hydrogen) atoms. The van der Waals surface area contributed by atoms with Crippen LogP contribution in [0.25, 0.3) is 0 Å². The number of nitrogens with one attached hydrogen (secondary N) is 1. The zero-order valence-corrected chi connectivity index (χ0v) is 11.1. The molecule has 1 aliphatic rings. The summed E-state index contributed by atoms with van der Waals surface area (Å²) in [5, 5.41) is 11.8. The second kappa shape index (κ2) is 5.38. The first-order valence-corrected chi connectivity index (χ1v) is 6.51. The van der Waals surface area contributed by atoms with Gasteiger partial charge in [0.1, 0.15) is 5.69 Å². The van der Waals surface area contributed by atoms with Gasteiger partial charge in [0.05, 0.1) is 11.3 Å². The molecule has 2 N–H and O–H groups in total. The molecule has 102 valence electrons. The summed E-state index contributed by atoms with van der Waals surface area (Å²) in [4.78, 5) is 26.9. The molecule has 1 aliphatic carbocycles. The average molecular weight is 262 g/mol. The monoisotopic (exact) mass is 262 g/mol. The van der Waals surface area contributed by atoms with Crippen LogP contribution in [0.5, 0.6) is 0 Å². The minimum absolute atomic E-state index is 0.128. The molecule has 1 fully saturated rings. The summed E-state index contributed by atoms with van der Waals surface area (Å²) in [6, 6.07) is 3.02. The van der Waals surface area contributed by atoms with Gasteiger partial charge in [-0.1, -0.05) is 6.42 Å². The van der Waals surface area contributed by atoms with Gasteiger partial charge in [-0.05, 0) is 44.7 Å². The third kappa shape index (κ3) is 2.92. The van der Waals surface area contributed by atoms with E-state index in [2.05, 4.69) is 10.3 Å². The van der Waals surface area contributed by atoms with E-state index in [1.165, 1.54) is 18.6 Å². The number of amides is 1. The molecule has 2 rings (SSSR count). The Morgan fingerprint density at radius 1 is 1.42 bits per heavy atom. The molecular weight excluding hydrogens is 244 g/mol. The first-order valence-electron chi connectivity index (χ1n) is 6.51. The topological polar surface area (TPSA) is 79.3 Å². The smallest absolute Gasteiger partial charge is 0.337 e. The normalized spacial score (nSPS) is 16.5. The third-order valence-electron chi connectivity index (χ3n) is 3.76. The fraction of sp³-hybridized carbons (Fsp3) is 0.500. The van der Waals surface area contributed by atoms with Crippen LogP contribution in [0.1, 0.15) is 52.7 Å². The van der Waals surface area contributed by atoms with Crippen LogP contribution in [0.3, 0.4) is 0 Å². The van der Waals surface area contributed by atoms with E-state index in [9.17, 15) is 9.59 Å². The van der Waals surface area contributed by atoms with Crippen molar-refractivity contribution in [2.45, 2.75) is 39.2 Å². The summed E-state index contributed by atoms with van der Waals surface area (Å²) in [5.41, 5.74) is 0.758. The Bertz CT molecular complexity index is 509. The summed E-state index contributed by atoms with van der Waals surface area (Å²) in [5.74, 6) is -0.706. The molecule has 1 atom stereocenters. The number of hydrogen-bond acceptors (Lipinski definition) is 3. The number of carboxylic acids is 1. The molecule has 1 aromatic heterocycles. The van der Waals surface area contributed by atoms with E-state index in [0.717, 1.165) is 12.8 Å². The SMILES string of the molecule is Cc1nc(C(=O)NC(C)C2CCC2)ccc1C(=O)O. The zero-order chi connectivity index (χ0) is 14.0. The minimum Gasteiger partial charge on any atom is -0.478 e. The lowest BCUT2D eigenvalue weighted by Gasteiger charge is -2.31. The number of nitrogens with zero attached hydrogens (tertiary/aromatic N) is 1.